The molecular weight excluding hydrogens is 266 g/mol. The summed E-state index contributed by atoms with van der Waals surface area (Å²) in [6.07, 6.45) is 0. The Bertz CT molecular complexity index is 511. The molecule has 1 heterocycles. The molecule has 0 radical (unpaired) electrons. The van der Waals surface area contributed by atoms with E-state index in [9.17, 15) is 0 Å². The average molecular weight is 282 g/mol. The summed E-state index contributed by atoms with van der Waals surface area (Å²) in [7, 11) is 2.01. The fourth-order valence-corrected chi connectivity index (χ4v) is 2.64. The topological polar surface area (TPSA) is 42.1 Å². The van der Waals surface area contributed by atoms with Crippen molar-refractivity contribution in [2.75, 3.05) is 11.9 Å². The van der Waals surface area contributed by atoms with Gasteiger partial charge in [-0.25, -0.2) is 4.98 Å². The molecule has 18 heavy (non-hydrogen) atoms. The molecule has 1 aromatic carbocycles. The number of nitrogens with two attached hydrogens (primary N) is 1. The highest BCUT2D eigenvalue weighted by Crippen LogP contribution is 2.28. The van der Waals surface area contributed by atoms with E-state index in [-0.39, 0.29) is 6.04 Å². The second-order valence-corrected chi connectivity index (χ2v) is 5.46. The van der Waals surface area contributed by atoms with Crippen molar-refractivity contribution in [3.63, 3.8) is 0 Å². The van der Waals surface area contributed by atoms with Gasteiger partial charge in [-0.05, 0) is 24.6 Å². The third-order valence-electron chi connectivity index (χ3n) is 2.79. The zero-order valence-corrected chi connectivity index (χ0v) is 12.0. The van der Waals surface area contributed by atoms with Gasteiger partial charge in [-0.3, -0.25) is 0 Å². The zero-order chi connectivity index (χ0) is 13.1. The van der Waals surface area contributed by atoms with E-state index in [1.165, 1.54) is 0 Å². The van der Waals surface area contributed by atoms with E-state index in [2.05, 4.69) is 9.88 Å². The molecule has 3 nitrogen and oxygen atoms in total. The number of nitrogens with zero attached hydrogens (tertiary/aromatic N) is 2. The van der Waals surface area contributed by atoms with Crippen LogP contribution in [-0.2, 0) is 6.54 Å². The molecule has 96 valence electrons. The van der Waals surface area contributed by atoms with E-state index in [0.29, 0.717) is 0 Å². The molecule has 1 atom stereocenters. The number of benzene rings is 1. The molecule has 0 bridgehead atoms. The predicted molar refractivity (Wildman–Crippen MR) is 78.3 cm³/mol. The number of rotatable bonds is 4. The lowest BCUT2D eigenvalue weighted by molar-refractivity contribution is 0.816. The molecule has 2 N–H and O–H groups in total. The van der Waals surface area contributed by atoms with Crippen molar-refractivity contribution in [1.82, 2.24) is 4.98 Å². The fourth-order valence-electron chi connectivity index (χ4n) is 1.76. The minimum Gasteiger partial charge on any atom is -0.367 e. The Morgan fingerprint density at radius 3 is 2.83 bits per heavy atom. The van der Waals surface area contributed by atoms with E-state index in [1.54, 1.807) is 11.3 Å². The van der Waals surface area contributed by atoms with Crippen LogP contribution in [0.2, 0.25) is 5.02 Å². The van der Waals surface area contributed by atoms with E-state index >= 15 is 0 Å². The summed E-state index contributed by atoms with van der Waals surface area (Å²) in [6, 6.07) is 5.95. The first-order valence-electron chi connectivity index (χ1n) is 5.71. The van der Waals surface area contributed by atoms with Crippen LogP contribution in [0.25, 0.3) is 0 Å². The van der Waals surface area contributed by atoms with Crippen LogP contribution >= 0.6 is 22.9 Å². The molecule has 0 unspecified atom stereocenters. The van der Waals surface area contributed by atoms with Crippen LogP contribution in [0.1, 0.15) is 24.2 Å². The molecule has 0 aliphatic heterocycles. The van der Waals surface area contributed by atoms with Gasteiger partial charge in [0, 0.05) is 18.5 Å². The highest BCUT2D eigenvalue weighted by Gasteiger charge is 2.09. The Morgan fingerprint density at radius 2 is 2.28 bits per heavy atom. The zero-order valence-electron chi connectivity index (χ0n) is 10.4. The van der Waals surface area contributed by atoms with Crippen LogP contribution < -0.4 is 10.6 Å². The van der Waals surface area contributed by atoms with Crippen molar-refractivity contribution >= 4 is 28.6 Å². The Morgan fingerprint density at radius 1 is 1.50 bits per heavy atom. The Labute approximate surface area is 116 Å². The van der Waals surface area contributed by atoms with Gasteiger partial charge in [-0.2, -0.15) is 0 Å². The maximum absolute atomic E-state index is 6.29. The van der Waals surface area contributed by atoms with Gasteiger partial charge in [0.05, 0.1) is 28.5 Å². The summed E-state index contributed by atoms with van der Waals surface area (Å²) in [5.74, 6) is 0. The number of aromatic nitrogens is 1. The van der Waals surface area contributed by atoms with Crippen molar-refractivity contribution in [2.45, 2.75) is 19.5 Å². The molecule has 0 spiro atoms. The highest BCUT2D eigenvalue weighted by atomic mass is 35.5. The lowest BCUT2D eigenvalue weighted by atomic mass is 10.1. The standard InChI is InChI=1S/C13H16ClN3S/c1-9(15)10-3-4-13(12(14)5-10)17(2)6-11-7-18-8-16-11/h3-5,7-9H,6,15H2,1-2H3/t9-/m1/s1. The molecule has 0 aliphatic carbocycles. The van der Waals surface area contributed by atoms with Gasteiger partial charge in [-0.1, -0.05) is 17.7 Å². The summed E-state index contributed by atoms with van der Waals surface area (Å²) in [5.41, 5.74) is 10.8. The minimum absolute atomic E-state index is 0.000367. The summed E-state index contributed by atoms with van der Waals surface area (Å²) < 4.78 is 0. The van der Waals surface area contributed by atoms with Gasteiger partial charge in [0.2, 0.25) is 0 Å². The van der Waals surface area contributed by atoms with E-state index in [4.69, 9.17) is 17.3 Å². The average Bonchev–Trinajstić information content (AvgIpc) is 2.81. The highest BCUT2D eigenvalue weighted by molar-refractivity contribution is 7.07. The SMILES string of the molecule is C[C@@H](N)c1ccc(N(C)Cc2cscn2)c(Cl)c1. The van der Waals surface area contributed by atoms with Crippen LogP contribution in [-0.4, -0.2) is 12.0 Å². The molecule has 2 aromatic rings. The quantitative estimate of drug-likeness (QED) is 0.933. The van der Waals surface area contributed by atoms with Gasteiger partial charge in [0.25, 0.3) is 0 Å². The van der Waals surface area contributed by atoms with Crippen LogP contribution in [0.5, 0.6) is 0 Å². The second kappa shape index (κ2) is 5.69. The third kappa shape index (κ3) is 3.02. The van der Waals surface area contributed by atoms with Crippen LogP contribution in [0.15, 0.2) is 29.1 Å². The summed E-state index contributed by atoms with van der Waals surface area (Å²) >= 11 is 7.89. The van der Waals surface area contributed by atoms with Crippen molar-refractivity contribution in [1.29, 1.82) is 0 Å². The maximum Gasteiger partial charge on any atom is 0.0795 e. The van der Waals surface area contributed by atoms with Crippen molar-refractivity contribution in [3.05, 3.63) is 45.4 Å². The van der Waals surface area contributed by atoms with Gasteiger partial charge in [0.15, 0.2) is 0 Å². The van der Waals surface area contributed by atoms with Crippen LogP contribution in [0, 0.1) is 0 Å². The maximum atomic E-state index is 6.29. The first-order valence-corrected chi connectivity index (χ1v) is 7.03. The van der Waals surface area contributed by atoms with E-state index in [0.717, 1.165) is 28.5 Å². The number of thiazole rings is 1. The lowest BCUT2D eigenvalue weighted by Gasteiger charge is -2.20. The molecule has 2 rings (SSSR count). The summed E-state index contributed by atoms with van der Waals surface area (Å²) in [5, 5.41) is 2.77. The second-order valence-electron chi connectivity index (χ2n) is 4.34. The Balaban J connectivity index is 2.17. The van der Waals surface area contributed by atoms with Crippen LogP contribution in [0.3, 0.4) is 0 Å². The summed E-state index contributed by atoms with van der Waals surface area (Å²) in [6.45, 7) is 2.70. The molecule has 0 saturated carbocycles. The number of hydrogen-bond acceptors (Lipinski definition) is 4. The lowest BCUT2D eigenvalue weighted by Crippen LogP contribution is -2.17. The Kier molecular flexibility index (Phi) is 4.22. The minimum atomic E-state index is 0.000367. The van der Waals surface area contributed by atoms with Gasteiger partial charge >= 0.3 is 0 Å². The van der Waals surface area contributed by atoms with E-state index in [1.807, 2.05) is 43.1 Å². The molecule has 0 aliphatic rings. The molecular formula is C13H16ClN3S. The third-order valence-corrected chi connectivity index (χ3v) is 3.73. The van der Waals surface area contributed by atoms with Gasteiger partial charge < -0.3 is 10.6 Å². The van der Waals surface area contributed by atoms with Gasteiger partial charge in [0.1, 0.15) is 0 Å². The first-order chi connectivity index (χ1) is 8.58. The largest absolute Gasteiger partial charge is 0.367 e. The monoisotopic (exact) mass is 281 g/mol. The molecule has 0 amide bonds. The van der Waals surface area contributed by atoms with Crippen LogP contribution in [0.4, 0.5) is 5.69 Å². The molecule has 0 fully saturated rings. The molecule has 5 heteroatoms. The number of hydrogen-bond donors (Lipinski definition) is 1. The molecule has 0 saturated heterocycles. The van der Waals surface area contributed by atoms with E-state index < -0.39 is 0 Å². The van der Waals surface area contributed by atoms with Gasteiger partial charge in [-0.15, -0.1) is 11.3 Å². The van der Waals surface area contributed by atoms with Crippen molar-refractivity contribution in [3.8, 4) is 0 Å². The number of halogens is 1. The smallest absolute Gasteiger partial charge is 0.0795 e. The fraction of sp³-hybridized carbons (Fsp3) is 0.308. The Hall–Kier alpha value is -1.10. The number of anilines is 1. The first kappa shape index (κ1) is 13.3. The van der Waals surface area contributed by atoms with Crippen molar-refractivity contribution < 1.29 is 0 Å². The predicted octanol–water partition coefficient (Wildman–Crippen LogP) is 3.45. The van der Waals surface area contributed by atoms with Crippen molar-refractivity contribution in [2.24, 2.45) is 5.73 Å². The summed E-state index contributed by atoms with van der Waals surface area (Å²) in [4.78, 5) is 6.36. The molecule has 1 aromatic heterocycles. The normalized spacial score (nSPS) is 12.4.